The molecule has 1 N–H and O–H groups in total. The molecule has 0 bridgehead atoms. The van der Waals surface area contributed by atoms with Crippen LogP contribution in [-0.2, 0) is 14.3 Å². The van der Waals surface area contributed by atoms with Gasteiger partial charge in [-0.05, 0) is 59.2 Å². The molecule has 1 unspecified atom stereocenters. The van der Waals surface area contributed by atoms with Crippen LogP contribution in [0.2, 0.25) is 0 Å². The summed E-state index contributed by atoms with van der Waals surface area (Å²) in [7, 11) is 1.48. The number of amides is 1. The minimum atomic E-state index is -2.31. The second kappa shape index (κ2) is 8.67. The van der Waals surface area contributed by atoms with Crippen molar-refractivity contribution in [2.75, 3.05) is 7.11 Å². The molecule has 1 rings (SSSR count). The summed E-state index contributed by atoms with van der Waals surface area (Å²) in [4.78, 5) is 36.5. The number of rotatable bonds is 6. The number of hydrogen-bond donors (Lipinski definition) is 1. The van der Waals surface area contributed by atoms with Crippen LogP contribution in [0.5, 0.6) is 5.75 Å². The van der Waals surface area contributed by atoms with Crippen molar-refractivity contribution in [2.24, 2.45) is 0 Å². The Morgan fingerprint density at radius 2 is 1.45 bits per heavy atom. The van der Waals surface area contributed by atoms with Gasteiger partial charge in [0.2, 0.25) is 0 Å². The van der Waals surface area contributed by atoms with Crippen LogP contribution < -0.4 is 10.1 Å². The summed E-state index contributed by atoms with van der Waals surface area (Å²) in [6, 6.07) is 4.87. The maximum absolute atomic E-state index is 12.8. The zero-order valence-electron chi connectivity index (χ0n) is 18.2. The summed E-state index contributed by atoms with van der Waals surface area (Å²) in [5.74, 6) is -0.559. The lowest BCUT2D eigenvalue weighted by molar-refractivity contribution is -0.557. The molecule has 0 aromatic heterocycles. The van der Waals surface area contributed by atoms with Crippen molar-refractivity contribution in [2.45, 2.75) is 71.2 Å². The van der Waals surface area contributed by atoms with Crippen LogP contribution >= 0.6 is 0 Å². The van der Waals surface area contributed by atoms with E-state index in [9.17, 15) is 19.7 Å². The number of nitro groups is 1. The summed E-state index contributed by atoms with van der Waals surface area (Å²) in [6.45, 7) is 10.9. The van der Waals surface area contributed by atoms with E-state index in [4.69, 9.17) is 14.2 Å². The molecule has 9 heteroatoms. The number of alkyl carbamates (subject to hydrolysis) is 1. The average molecular weight is 410 g/mol. The number of esters is 1. The number of ether oxygens (including phenoxy) is 3. The summed E-state index contributed by atoms with van der Waals surface area (Å²) in [6.07, 6.45) is -0.894. The fourth-order valence-corrected chi connectivity index (χ4v) is 2.45. The number of hydrogen-bond acceptors (Lipinski definition) is 7. The van der Waals surface area contributed by atoms with Crippen LogP contribution in [-0.4, -0.2) is 40.8 Å². The predicted octanol–water partition coefficient (Wildman–Crippen LogP) is 3.64. The predicted molar refractivity (Wildman–Crippen MR) is 106 cm³/mol. The van der Waals surface area contributed by atoms with Gasteiger partial charge in [-0.1, -0.05) is 12.1 Å². The van der Waals surface area contributed by atoms with Gasteiger partial charge in [-0.25, -0.2) is 9.59 Å². The third-order valence-corrected chi connectivity index (χ3v) is 3.86. The Morgan fingerprint density at radius 1 is 0.966 bits per heavy atom. The third-order valence-electron chi connectivity index (χ3n) is 3.86. The van der Waals surface area contributed by atoms with E-state index < -0.39 is 39.8 Å². The fraction of sp³-hybridized carbons (Fsp3) is 0.600. The molecule has 162 valence electrons. The van der Waals surface area contributed by atoms with Crippen molar-refractivity contribution >= 4 is 12.1 Å². The highest BCUT2D eigenvalue weighted by atomic mass is 16.6. The molecule has 0 saturated carbocycles. The van der Waals surface area contributed by atoms with Crippen molar-refractivity contribution < 1.29 is 28.7 Å². The fourth-order valence-electron chi connectivity index (χ4n) is 2.45. The van der Waals surface area contributed by atoms with Gasteiger partial charge < -0.3 is 19.5 Å². The molecule has 1 amide bonds. The Balaban J connectivity index is 3.45. The first-order valence-corrected chi connectivity index (χ1v) is 9.11. The lowest BCUT2D eigenvalue weighted by Crippen LogP contribution is -2.57. The summed E-state index contributed by atoms with van der Waals surface area (Å²) in [5, 5.41) is 14.5. The molecule has 0 spiro atoms. The Hall–Kier alpha value is -2.84. The van der Waals surface area contributed by atoms with Crippen LogP contribution in [0.3, 0.4) is 0 Å². The zero-order valence-corrected chi connectivity index (χ0v) is 18.2. The van der Waals surface area contributed by atoms with Crippen LogP contribution in [0.15, 0.2) is 24.3 Å². The summed E-state index contributed by atoms with van der Waals surface area (Å²) >= 11 is 0. The second-order valence-corrected chi connectivity index (χ2v) is 8.76. The number of nitrogens with zero attached hydrogens (tertiary/aromatic N) is 1. The lowest BCUT2D eigenvalue weighted by atomic mass is 9.87. The maximum Gasteiger partial charge on any atom is 0.408 e. The van der Waals surface area contributed by atoms with Gasteiger partial charge in [0, 0.05) is 11.8 Å². The highest BCUT2D eigenvalue weighted by Gasteiger charge is 2.57. The van der Waals surface area contributed by atoms with E-state index in [0.29, 0.717) is 11.3 Å². The average Bonchev–Trinajstić information content (AvgIpc) is 2.55. The Bertz CT molecular complexity index is 748. The number of carbonyl (C=O) groups excluding carboxylic acids is 2. The van der Waals surface area contributed by atoms with Crippen LogP contribution in [0.25, 0.3) is 0 Å². The molecule has 0 heterocycles. The maximum atomic E-state index is 12.8. The molecule has 29 heavy (non-hydrogen) atoms. The van der Waals surface area contributed by atoms with E-state index in [1.807, 2.05) is 0 Å². The van der Waals surface area contributed by atoms with Gasteiger partial charge in [0.15, 0.2) is 0 Å². The van der Waals surface area contributed by atoms with E-state index in [1.165, 1.54) is 19.2 Å². The van der Waals surface area contributed by atoms with Gasteiger partial charge >= 0.3 is 17.6 Å². The standard InChI is InChI=1S/C20H30N2O7/c1-18(2,3)28-16(23)20(7,22(25)26)15(21-17(24)29-19(4,5)6)13-9-11-14(27-8)12-10-13/h9-12,15H,1-8H3,(H,21,24)/t15?,20-/m1/s1. The van der Waals surface area contributed by atoms with Gasteiger partial charge in [-0.2, -0.15) is 0 Å². The van der Waals surface area contributed by atoms with Crippen molar-refractivity contribution in [1.82, 2.24) is 5.32 Å². The molecule has 2 atom stereocenters. The molecule has 0 aliphatic rings. The van der Waals surface area contributed by atoms with Crippen molar-refractivity contribution in [3.8, 4) is 5.75 Å². The number of nitrogens with one attached hydrogen (secondary N) is 1. The van der Waals surface area contributed by atoms with E-state index in [0.717, 1.165) is 6.92 Å². The van der Waals surface area contributed by atoms with E-state index in [1.54, 1.807) is 53.7 Å². The SMILES string of the molecule is COc1ccc(C(NC(=O)OC(C)(C)C)[C@](C)(C(=O)OC(C)(C)C)[N+](=O)[O-])cc1. The van der Waals surface area contributed by atoms with E-state index in [2.05, 4.69) is 5.32 Å². The lowest BCUT2D eigenvalue weighted by Gasteiger charge is -2.32. The Kier molecular flexibility index (Phi) is 7.23. The minimum Gasteiger partial charge on any atom is -0.497 e. The van der Waals surface area contributed by atoms with Crippen LogP contribution in [0.1, 0.15) is 60.1 Å². The smallest absolute Gasteiger partial charge is 0.408 e. The topological polar surface area (TPSA) is 117 Å². The van der Waals surface area contributed by atoms with Crippen molar-refractivity contribution in [3.05, 3.63) is 39.9 Å². The highest BCUT2D eigenvalue weighted by molar-refractivity contribution is 5.82. The first kappa shape index (κ1) is 24.2. The van der Waals surface area contributed by atoms with Gasteiger partial charge in [-0.3, -0.25) is 10.1 Å². The molecule has 1 aromatic carbocycles. The molecule has 0 fully saturated rings. The van der Waals surface area contributed by atoms with Crippen molar-refractivity contribution in [3.63, 3.8) is 0 Å². The van der Waals surface area contributed by atoms with E-state index in [-0.39, 0.29) is 0 Å². The molecule has 9 nitrogen and oxygen atoms in total. The Labute approximate surface area is 170 Å². The Morgan fingerprint density at radius 3 is 1.83 bits per heavy atom. The van der Waals surface area contributed by atoms with Crippen LogP contribution in [0.4, 0.5) is 4.79 Å². The normalized spacial score (nSPS) is 14.9. The zero-order chi connectivity index (χ0) is 22.6. The minimum absolute atomic E-state index is 0.321. The molecule has 0 aliphatic heterocycles. The quantitative estimate of drug-likeness (QED) is 0.432. The van der Waals surface area contributed by atoms with Gasteiger partial charge in [0.05, 0.1) is 7.11 Å². The molecular weight excluding hydrogens is 380 g/mol. The number of benzene rings is 1. The summed E-state index contributed by atoms with van der Waals surface area (Å²) < 4.78 is 15.6. The second-order valence-electron chi connectivity index (χ2n) is 8.76. The number of carbonyl (C=O) groups is 2. The molecule has 1 aromatic rings. The summed E-state index contributed by atoms with van der Waals surface area (Å²) in [5.41, 5.74) is -3.77. The van der Waals surface area contributed by atoms with E-state index >= 15 is 0 Å². The number of methoxy groups -OCH3 is 1. The monoisotopic (exact) mass is 410 g/mol. The molecule has 0 aliphatic carbocycles. The van der Waals surface area contributed by atoms with Crippen LogP contribution in [0, 0.1) is 10.1 Å². The van der Waals surface area contributed by atoms with Gasteiger partial charge in [0.25, 0.3) is 0 Å². The highest BCUT2D eigenvalue weighted by Crippen LogP contribution is 2.33. The third kappa shape index (κ3) is 6.62. The molecule has 0 radical (unpaired) electrons. The van der Waals surface area contributed by atoms with Gasteiger partial charge in [0.1, 0.15) is 23.0 Å². The van der Waals surface area contributed by atoms with Crippen molar-refractivity contribution in [1.29, 1.82) is 0 Å². The molecular formula is C20H30N2O7. The first-order valence-electron chi connectivity index (χ1n) is 9.11. The molecule has 0 saturated heterocycles. The largest absolute Gasteiger partial charge is 0.497 e. The first-order chi connectivity index (χ1) is 13.1. The van der Waals surface area contributed by atoms with Gasteiger partial charge in [-0.15, -0.1) is 0 Å².